The van der Waals surface area contributed by atoms with Crippen molar-refractivity contribution in [1.29, 1.82) is 0 Å². The maximum Gasteiger partial charge on any atom is 0.269 e. The summed E-state index contributed by atoms with van der Waals surface area (Å²) in [6, 6.07) is 5.19. The molecule has 0 bridgehead atoms. The van der Waals surface area contributed by atoms with Crippen LogP contribution in [-0.4, -0.2) is 25.6 Å². The number of hydrogen-bond donors (Lipinski definition) is 1. The molecule has 1 N–H and O–H groups in total. The number of tetrazole rings is 1. The molecule has 7 heteroatoms. The van der Waals surface area contributed by atoms with Crippen molar-refractivity contribution in [3.8, 4) is 11.7 Å². The van der Waals surface area contributed by atoms with Gasteiger partial charge in [0.1, 0.15) is 5.52 Å². The number of nitrogens with one attached hydrogen (secondary N) is 1. The van der Waals surface area contributed by atoms with Gasteiger partial charge < -0.3 is 4.42 Å². The minimum atomic E-state index is 0.320. The standard InChI is InChI=1S/C8H4ClN5O/c9-4-1-2-6-5(3-4)10-8(15-6)7-11-13-14-12-7/h1-3H,(H,11,12,13,14). The van der Waals surface area contributed by atoms with Gasteiger partial charge in [0.25, 0.3) is 11.7 Å². The van der Waals surface area contributed by atoms with Crippen LogP contribution in [0.15, 0.2) is 22.6 Å². The zero-order chi connectivity index (χ0) is 10.3. The summed E-state index contributed by atoms with van der Waals surface area (Å²) in [4.78, 5) is 4.18. The molecule has 0 amide bonds. The van der Waals surface area contributed by atoms with Gasteiger partial charge in [-0.05, 0) is 23.4 Å². The van der Waals surface area contributed by atoms with E-state index < -0.39 is 0 Å². The first-order valence-electron chi connectivity index (χ1n) is 4.13. The number of fused-ring (bicyclic) bond motifs is 1. The van der Waals surface area contributed by atoms with Crippen molar-refractivity contribution >= 4 is 22.7 Å². The van der Waals surface area contributed by atoms with Crippen molar-refractivity contribution in [3.63, 3.8) is 0 Å². The number of H-pyrrole nitrogens is 1. The maximum absolute atomic E-state index is 5.82. The topological polar surface area (TPSA) is 80.5 Å². The van der Waals surface area contributed by atoms with Crippen LogP contribution < -0.4 is 0 Å². The highest BCUT2D eigenvalue weighted by molar-refractivity contribution is 6.31. The van der Waals surface area contributed by atoms with Gasteiger partial charge in [-0.25, -0.2) is 4.98 Å². The molecule has 1 aromatic carbocycles. The summed E-state index contributed by atoms with van der Waals surface area (Å²) in [7, 11) is 0. The van der Waals surface area contributed by atoms with Gasteiger partial charge in [0.2, 0.25) is 0 Å². The van der Waals surface area contributed by atoms with Crippen LogP contribution >= 0.6 is 11.6 Å². The molecule has 0 saturated heterocycles. The van der Waals surface area contributed by atoms with E-state index in [1.54, 1.807) is 18.2 Å². The minimum absolute atomic E-state index is 0.320. The van der Waals surface area contributed by atoms with Gasteiger partial charge in [0.15, 0.2) is 5.58 Å². The van der Waals surface area contributed by atoms with Crippen LogP contribution in [0.2, 0.25) is 5.02 Å². The molecule has 0 aliphatic heterocycles. The molecule has 0 spiro atoms. The molecule has 0 unspecified atom stereocenters. The van der Waals surface area contributed by atoms with Crippen LogP contribution in [-0.2, 0) is 0 Å². The second kappa shape index (κ2) is 3.03. The molecule has 2 aromatic heterocycles. The van der Waals surface area contributed by atoms with E-state index in [1.807, 2.05) is 0 Å². The first kappa shape index (κ1) is 8.37. The van der Waals surface area contributed by atoms with Crippen LogP contribution in [0.1, 0.15) is 0 Å². The molecular formula is C8H4ClN5O. The lowest BCUT2D eigenvalue weighted by Crippen LogP contribution is -1.79. The van der Waals surface area contributed by atoms with Crippen LogP contribution in [0.4, 0.5) is 0 Å². The summed E-state index contributed by atoms with van der Waals surface area (Å²) >= 11 is 5.82. The van der Waals surface area contributed by atoms with Crippen molar-refractivity contribution in [2.45, 2.75) is 0 Å². The van der Waals surface area contributed by atoms with Crippen molar-refractivity contribution < 1.29 is 4.42 Å². The number of benzene rings is 1. The third-order valence-corrected chi connectivity index (χ3v) is 2.12. The van der Waals surface area contributed by atoms with Crippen molar-refractivity contribution in [3.05, 3.63) is 23.2 Å². The fraction of sp³-hybridized carbons (Fsp3) is 0. The molecule has 74 valence electrons. The third kappa shape index (κ3) is 1.35. The minimum Gasteiger partial charge on any atom is -0.433 e. The number of nitrogens with zero attached hydrogens (tertiary/aromatic N) is 4. The van der Waals surface area contributed by atoms with E-state index in [2.05, 4.69) is 25.6 Å². The zero-order valence-corrected chi connectivity index (χ0v) is 8.06. The fourth-order valence-corrected chi connectivity index (χ4v) is 1.41. The Labute approximate surface area is 88.3 Å². The Morgan fingerprint density at radius 1 is 1.33 bits per heavy atom. The van der Waals surface area contributed by atoms with Crippen LogP contribution in [0.25, 0.3) is 22.8 Å². The Balaban J connectivity index is 2.22. The molecule has 0 radical (unpaired) electrons. The van der Waals surface area contributed by atoms with E-state index in [0.29, 0.717) is 27.8 Å². The van der Waals surface area contributed by atoms with Gasteiger partial charge in [0, 0.05) is 5.02 Å². The van der Waals surface area contributed by atoms with Crippen LogP contribution in [0, 0.1) is 0 Å². The van der Waals surface area contributed by atoms with Gasteiger partial charge in [-0.1, -0.05) is 11.6 Å². The summed E-state index contributed by atoms with van der Waals surface area (Å²) in [5, 5.41) is 13.9. The summed E-state index contributed by atoms with van der Waals surface area (Å²) in [6.07, 6.45) is 0. The first-order valence-corrected chi connectivity index (χ1v) is 4.50. The molecule has 3 rings (SSSR count). The Morgan fingerprint density at radius 3 is 3.07 bits per heavy atom. The fourth-order valence-electron chi connectivity index (χ4n) is 1.25. The van der Waals surface area contributed by atoms with E-state index in [-0.39, 0.29) is 0 Å². The van der Waals surface area contributed by atoms with Crippen molar-refractivity contribution in [1.82, 2.24) is 25.6 Å². The highest BCUT2D eigenvalue weighted by Crippen LogP contribution is 2.23. The lowest BCUT2D eigenvalue weighted by Gasteiger charge is -1.85. The molecule has 3 aromatic rings. The Hall–Kier alpha value is -1.95. The second-order valence-corrected chi connectivity index (χ2v) is 3.30. The number of aromatic amines is 1. The van der Waals surface area contributed by atoms with Gasteiger partial charge in [-0.3, -0.25) is 0 Å². The van der Waals surface area contributed by atoms with Crippen LogP contribution in [0.3, 0.4) is 0 Å². The van der Waals surface area contributed by atoms with E-state index >= 15 is 0 Å². The molecule has 6 nitrogen and oxygen atoms in total. The Kier molecular flexibility index (Phi) is 1.69. The largest absolute Gasteiger partial charge is 0.433 e. The smallest absolute Gasteiger partial charge is 0.269 e. The Morgan fingerprint density at radius 2 is 2.27 bits per heavy atom. The highest BCUT2D eigenvalue weighted by atomic mass is 35.5. The summed E-state index contributed by atoms with van der Waals surface area (Å²) in [5.41, 5.74) is 1.31. The van der Waals surface area contributed by atoms with Crippen LogP contribution in [0.5, 0.6) is 0 Å². The number of halogens is 1. The number of aromatic nitrogens is 5. The summed E-state index contributed by atoms with van der Waals surface area (Å²) in [5.74, 6) is 0.642. The van der Waals surface area contributed by atoms with Crippen molar-refractivity contribution in [2.75, 3.05) is 0 Å². The molecule has 0 fully saturated rings. The lowest BCUT2D eigenvalue weighted by atomic mass is 10.3. The maximum atomic E-state index is 5.82. The molecule has 0 atom stereocenters. The molecular weight excluding hydrogens is 218 g/mol. The monoisotopic (exact) mass is 221 g/mol. The number of oxazole rings is 1. The number of rotatable bonds is 1. The number of hydrogen-bond acceptors (Lipinski definition) is 5. The van der Waals surface area contributed by atoms with Gasteiger partial charge in [-0.15, -0.1) is 10.2 Å². The van der Waals surface area contributed by atoms with Crippen molar-refractivity contribution in [2.24, 2.45) is 0 Å². The zero-order valence-electron chi connectivity index (χ0n) is 7.31. The average Bonchev–Trinajstić information content (AvgIpc) is 2.84. The van der Waals surface area contributed by atoms with E-state index in [4.69, 9.17) is 16.0 Å². The van der Waals surface area contributed by atoms with Gasteiger partial charge >= 0.3 is 0 Å². The molecule has 15 heavy (non-hydrogen) atoms. The predicted molar refractivity (Wildman–Crippen MR) is 52.2 cm³/mol. The van der Waals surface area contributed by atoms with E-state index in [9.17, 15) is 0 Å². The molecule has 0 saturated carbocycles. The van der Waals surface area contributed by atoms with Gasteiger partial charge in [-0.2, -0.15) is 5.21 Å². The predicted octanol–water partition coefficient (Wildman–Crippen LogP) is 1.66. The quantitative estimate of drug-likeness (QED) is 0.676. The third-order valence-electron chi connectivity index (χ3n) is 1.89. The average molecular weight is 222 g/mol. The normalized spacial score (nSPS) is 11.0. The van der Waals surface area contributed by atoms with E-state index in [0.717, 1.165) is 0 Å². The Bertz CT molecular complexity index is 603. The lowest BCUT2D eigenvalue weighted by molar-refractivity contribution is 0.613. The molecule has 0 aliphatic rings. The second-order valence-electron chi connectivity index (χ2n) is 2.87. The summed E-state index contributed by atoms with van der Waals surface area (Å²) < 4.78 is 5.41. The SMILES string of the molecule is Clc1ccc2oc(-c3nn[nH]n3)nc2c1. The van der Waals surface area contributed by atoms with Gasteiger partial charge in [0.05, 0.1) is 0 Å². The highest BCUT2D eigenvalue weighted by Gasteiger charge is 2.11. The molecule has 2 heterocycles. The summed E-state index contributed by atoms with van der Waals surface area (Å²) in [6.45, 7) is 0. The van der Waals surface area contributed by atoms with E-state index in [1.165, 1.54) is 0 Å². The first-order chi connectivity index (χ1) is 7.33. The molecule has 0 aliphatic carbocycles.